The average Bonchev–Trinajstić information content (AvgIpc) is 2.75. The smallest absolute Gasteiger partial charge is 0.312 e. The number of benzene rings is 2. The van der Waals surface area contributed by atoms with Crippen LogP contribution in [0.1, 0.15) is 12.8 Å². The summed E-state index contributed by atoms with van der Waals surface area (Å²) in [6, 6.07) is 21.8. The Morgan fingerprint density at radius 2 is 1.66 bits per heavy atom. The van der Waals surface area contributed by atoms with Gasteiger partial charge in [0.05, 0.1) is 4.92 Å². The van der Waals surface area contributed by atoms with Gasteiger partial charge >= 0.3 is 5.69 Å². The van der Waals surface area contributed by atoms with Gasteiger partial charge < -0.3 is 5.32 Å². The van der Waals surface area contributed by atoms with E-state index in [1.165, 1.54) is 6.07 Å². The lowest BCUT2D eigenvalue weighted by Gasteiger charge is -2.08. The molecule has 0 aliphatic carbocycles. The summed E-state index contributed by atoms with van der Waals surface area (Å²) in [6.07, 6.45) is 3.19. The van der Waals surface area contributed by atoms with Gasteiger partial charge in [0.25, 0.3) is 0 Å². The molecule has 0 fully saturated rings. The van der Waals surface area contributed by atoms with Gasteiger partial charge in [-0.15, -0.1) is 0 Å². The fourth-order valence-electron chi connectivity index (χ4n) is 2.64. The highest BCUT2D eigenvalue weighted by Crippen LogP contribution is 2.26. The topological polar surface area (TPSA) is 77.3 Å². The molecule has 0 radical (unpaired) electrons. The molecule has 2 aromatic carbocycles. The first-order valence-electron chi connectivity index (χ1n) is 9.16. The van der Waals surface area contributed by atoms with Gasteiger partial charge in [-0.3, -0.25) is 10.1 Å². The predicted octanol–water partition coefficient (Wildman–Crippen LogP) is 5.61. The second kappa shape index (κ2) is 10.9. The summed E-state index contributed by atoms with van der Waals surface area (Å²) in [5, 5.41) is 14.2. The molecule has 0 atom stereocenters. The Morgan fingerprint density at radius 1 is 1.03 bits per heavy atom. The van der Waals surface area contributed by atoms with E-state index in [2.05, 4.69) is 50.5 Å². The lowest BCUT2D eigenvalue weighted by Crippen LogP contribution is -2.11. The van der Waals surface area contributed by atoms with E-state index in [1.807, 2.05) is 36.4 Å². The number of halogens is 1. The third-order valence-corrected chi connectivity index (χ3v) is 6.25. The average molecular weight is 475 g/mol. The van der Waals surface area contributed by atoms with Gasteiger partial charge in [0, 0.05) is 23.3 Å². The van der Waals surface area contributed by atoms with Crippen molar-refractivity contribution in [3.63, 3.8) is 0 Å². The molecule has 1 N–H and O–H groups in total. The fraction of sp³-hybridized carbons (Fsp3) is 0.190. The van der Waals surface area contributed by atoms with Crippen molar-refractivity contribution in [2.24, 2.45) is 0 Å². The zero-order chi connectivity index (χ0) is 20.5. The first-order valence-corrected chi connectivity index (χ1v) is 11.1. The summed E-state index contributed by atoms with van der Waals surface area (Å²) in [5.74, 6) is 0.285. The number of rotatable bonds is 10. The quantitative estimate of drug-likeness (QED) is 0.178. The van der Waals surface area contributed by atoms with Crippen molar-refractivity contribution in [1.29, 1.82) is 0 Å². The van der Waals surface area contributed by atoms with Crippen LogP contribution in [0.15, 0.2) is 87.2 Å². The first-order chi connectivity index (χ1) is 14.1. The van der Waals surface area contributed by atoms with Crippen LogP contribution < -0.4 is 5.32 Å². The molecule has 3 aromatic rings. The normalized spacial score (nSPS) is 10.8. The number of aromatic nitrogens is 1. The molecule has 0 saturated heterocycles. The van der Waals surface area contributed by atoms with E-state index in [0.717, 1.165) is 22.6 Å². The highest BCUT2D eigenvalue weighted by Gasteiger charge is 2.27. The Hall–Kier alpha value is -2.42. The third kappa shape index (κ3) is 6.28. The molecule has 0 unspecified atom stereocenters. The predicted molar refractivity (Wildman–Crippen MR) is 119 cm³/mol. The van der Waals surface area contributed by atoms with Gasteiger partial charge in [-0.2, -0.15) is 4.18 Å². The highest BCUT2D eigenvalue weighted by molar-refractivity contribution is 9.10. The van der Waals surface area contributed by atoms with E-state index in [0.29, 0.717) is 17.6 Å². The van der Waals surface area contributed by atoms with Crippen molar-refractivity contribution in [2.45, 2.75) is 22.6 Å². The molecule has 0 bridgehead atoms. The standard InChI is InChI=1S/C21H21BrN3O3S/c22-17-15-20(25(26)27)21(24-16-17)23-13-7-8-14-28-29(18-9-3-1-4-10-18)19-11-5-2-6-12-19/h1-6,9-12,15-16H,7-8,13-14H2,(H,23,24)/q+1. The Kier molecular flexibility index (Phi) is 8.03. The van der Waals surface area contributed by atoms with E-state index in [9.17, 15) is 10.1 Å². The summed E-state index contributed by atoms with van der Waals surface area (Å²) in [6.45, 7) is 1.19. The van der Waals surface area contributed by atoms with Crippen LogP contribution in [0, 0.1) is 10.1 Å². The number of hydrogen-bond donors (Lipinski definition) is 1. The zero-order valence-corrected chi connectivity index (χ0v) is 18.1. The van der Waals surface area contributed by atoms with Crippen molar-refractivity contribution in [2.75, 3.05) is 18.5 Å². The SMILES string of the molecule is O=[N+]([O-])c1cc(Br)cnc1NCCCCO[S+](c1ccccc1)c1ccccc1. The minimum Gasteiger partial charge on any atom is -0.364 e. The Labute approximate surface area is 181 Å². The molecule has 0 aliphatic heterocycles. The largest absolute Gasteiger partial charge is 0.364 e. The van der Waals surface area contributed by atoms with E-state index in [1.54, 1.807) is 6.20 Å². The summed E-state index contributed by atoms with van der Waals surface area (Å²) in [7, 11) is 0. The monoisotopic (exact) mass is 474 g/mol. The van der Waals surface area contributed by atoms with Crippen LogP contribution >= 0.6 is 15.9 Å². The van der Waals surface area contributed by atoms with Crippen LogP contribution in [-0.2, 0) is 15.4 Å². The van der Waals surface area contributed by atoms with Gasteiger partial charge in [0.1, 0.15) is 6.61 Å². The second-order valence-electron chi connectivity index (χ2n) is 6.13. The maximum atomic E-state index is 11.1. The van der Waals surface area contributed by atoms with Crippen LogP contribution in [0.2, 0.25) is 0 Å². The molecule has 0 amide bonds. The second-order valence-corrected chi connectivity index (χ2v) is 8.76. The van der Waals surface area contributed by atoms with Crippen molar-refractivity contribution in [1.82, 2.24) is 4.98 Å². The van der Waals surface area contributed by atoms with E-state index >= 15 is 0 Å². The van der Waals surface area contributed by atoms with Crippen molar-refractivity contribution in [3.8, 4) is 0 Å². The Bertz CT molecular complexity index is 889. The summed E-state index contributed by atoms with van der Waals surface area (Å²) in [5.41, 5.74) is -0.0367. The molecule has 6 nitrogen and oxygen atoms in total. The maximum absolute atomic E-state index is 11.1. The Morgan fingerprint density at radius 3 is 2.24 bits per heavy atom. The number of anilines is 1. The fourth-order valence-corrected chi connectivity index (χ4v) is 4.60. The molecular weight excluding hydrogens is 454 g/mol. The lowest BCUT2D eigenvalue weighted by molar-refractivity contribution is -0.384. The van der Waals surface area contributed by atoms with E-state index in [-0.39, 0.29) is 11.5 Å². The molecular formula is C21H21BrN3O3S+. The first kappa shape index (κ1) is 21.3. The van der Waals surface area contributed by atoms with Crippen LogP contribution in [0.3, 0.4) is 0 Å². The number of unbranched alkanes of at least 4 members (excludes halogenated alkanes) is 1. The summed E-state index contributed by atoms with van der Waals surface area (Å²) in [4.78, 5) is 17.1. The molecule has 1 heterocycles. The van der Waals surface area contributed by atoms with Crippen LogP contribution in [0.4, 0.5) is 11.5 Å². The Balaban J connectivity index is 1.51. The number of nitrogens with one attached hydrogen (secondary N) is 1. The van der Waals surface area contributed by atoms with Gasteiger partial charge in [-0.05, 0) is 53.0 Å². The summed E-state index contributed by atoms with van der Waals surface area (Å²) >= 11 is 2.78. The third-order valence-electron chi connectivity index (χ3n) is 4.01. The molecule has 0 spiro atoms. The zero-order valence-electron chi connectivity index (χ0n) is 15.7. The van der Waals surface area contributed by atoms with Crippen LogP contribution in [0.25, 0.3) is 0 Å². The molecule has 0 saturated carbocycles. The molecule has 0 aliphatic rings. The minimum atomic E-state index is -0.436. The van der Waals surface area contributed by atoms with Crippen LogP contribution in [0.5, 0.6) is 0 Å². The van der Waals surface area contributed by atoms with Gasteiger partial charge in [-0.25, -0.2) is 4.98 Å². The van der Waals surface area contributed by atoms with E-state index in [4.69, 9.17) is 4.18 Å². The van der Waals surface area contributed by atoms with Gasteiger partial charge in [0.15, 0.2) is 9.79 Å². The molecule has 3 rings (SSSR count). The van der Waals surface area contributed by atoms with E-state index < -0.39 is 16.1 Å². The molecule has 8 heteroatoms. The van der Waals surface area contributed by atoms with Gasteiger partial charge in [-0.1, -0.05) is 36.4 Å². The number of pyridine rings is 1. The minimum absolute atomic E-state index is 0.0367. The number of hydrogen-bond acceptors (Lipinski definition) is 5. The van der Waals surface area contributed by atoms with Crippen molar-refractivity contribution >= 4 is 38.6 Å². The van der Waals surface area contributed by atoms with Gasteiger partial charge in [0.2, 0.25) is 17.0 Å². The lowest BCUT2D eigenvalue weighted by atomic mass is 10.3. The maximum Gasteiger partial charge on any atom is 0.312 e. The summed E-state index contributed by atoms with van der Waals surface area (Å²) < 4.78 is 6.79. The molecule has 29 heavy (non-hydrogen) atoms. The highest BCUT2D eigenvalue weighted by atomic mass is 79.9. The number of nitrogens with zero attached hydrogens (tertiary/aromatic N) is 2. The van der Waals surface area contributed by atoms with Crippen molar-refractivity contribution < 1.29 is 9.11 Å². The molecule has 1 aromatic heterocycles. The number of nitro groups is 1. The van der Waals surface area contributed by atoms with Crippen molar-refractivity contribution in [3.05, 3.63) is 87.5 Å². The van der Waals surface area contributed by atoms with Crippen LogP contribution in [-0.4, -0.2) is 23.1 Å². The molecule has 150 valence electrons.